The number of rotatable bonds is 2. The largest absolute Gasteiger partial charge is 0.350 e. The van der Waals surface area contributed by atoms with Gasteiger partial charge in [-0.3, -0.25) is 4.79 Å². The fraction of sp³-hybridized carbons (Fsp3) is 0.308. The Morgan fingerprint density at radius 1 is 1.40 bits per heavy atom. The first kappa shape index (κ1) is 9.97. The zero-order chi connectivity index (χ0) is 11.0. The van der Waals surface area contributed by atoms with E-state index >= 15 is 0 Å². The second-order valence-electron chi connectivity index (χ2n) is 3.87. The first-order valence-corrected chi connectivity index (χ1v) is 5.23. The van der Waals surface area contributed by atoms with Crippen LogP contribution in [-0.4, -0.2) is 10.4 Å². The molecule has 0 spiro atoms. The molecule has 2 nitrogen and oxygen atoms in total. The van der Waals surface area contributed by atoms with Gasteiger partial charge in [0.15, 0.2) is 5.78 Å². The molecule has 78 valence electrons. The van der Waals surface area contributed by atoms with Crippen molar-refractivity contribution in [3.63, 3.8) is 0 Å². The number of hydrogen-bond donors (Lipinski definition) is 0. The van der Waals surface area contributed by atoms with E-state index in [1.165, 1.54) is 5.56 Å². The third-order valence-electron chi connectivity index (χ3n) is 2.85. The van der Waals surface area contributed by atoms with Gasteiger partial charge in [-0.1, -0.05) is 19.1 Å². The highest BCUT2D eigenvalue weighted by atomic mass is 16.1. The van der Waals surface area contributed by atoms with E-state index in [2.05, 4.69) is 23.8 Å². The summed E-state index contributed by atoms with van der Waals surface area (Å²) in [5.74, 6) is 0.140. The van der Waals surface area contributed by atoms with Crippen molar-refractivity contribution in [3.05, 3.63) is 35.5 Å². The van der Waals surface area contributed by atoms with Crippen LogP contribution in [0.2, 0.25) is 0 Å². The van der Waals surface area contributed by atoms with Crippen LogP contribution in [0.3, 0.4) is 0 Å². The van der Waals surface area contributed by atoms with Gasteiger partial charge < -0.3 is 4.57 Å². The van der Waals surface area contributed by atoms with Crippen LogP contribution in [0.4, 0.5) is 0 Å². The molecule has 2 rings (SSSR count). The van der Waals surface area contributed by atoms with Crippen molar-refractivity contribution in [2.75, 3.05) is 0 Å². The number of hydrogen-bond acceptors (Lipinski definition) is 1. The van der Waals surface area contributed by atoms with Crippen LogP contribution in [-0.2, 0) is 13.5 Å². The van der Waals surface area contributed by atoms with Gasteiger partial charge in [0.2, 0.25) is 0 Å². The number of carbonyl (C=O) groups excluding carboxylic acids is 1. The highest BCUT2D eigenvalue weighted by Gasteiger charge is 2.11. The van der Waals surface area contributed by atoms with Crippen LogP contribution in [0.25, 0.3) is 10.9 Å². The van der Waals surface area contributed by atoms with Crippen molar-refractivity contribution < 1.29 is 4.79 Å². The Kier molecular flexibility index (Phi) is 2.35. The maximum absolute atomic E-state index is 11.5. The van der Waals surface area contributed by atoms with E-state index < -0.39 is 0 Å². The summed E-state index contributed by atoms with van der Waals surface area (Å²) in [7, 11) is 2.02. The normalized spacial score (nSPS) is 10.9. The van der Waals surface area contributed by atoms with Gasteiger partial charge in [0, 0.05) is 29.7 Å². The molecule has 0 unspecified atom stereocenters. The molecule has 1 heterocycles. The third-order valence-corrected chi connectivity index (χ3v) is 2.85. The molecule has 0 atom stereocenters. The van der Waals surface area contributed by atoms with Gasteiger partial charge in [-0.15, -0.1) is 0 Å². The molecule has 0 aliphatic carbocycles. The number of fused-ring (bicyclic) bond motifs is 1. The van der Waals surface area contributed by atoms with Gasteiger partial charge >= 0.3 is 0 Å². The zero-order valence-electron chi connectivity index (χ0n) is 9.37. The summed E-state index contributed by atoms with van der Waals surface area (Å²) >= 11 is 0. The molecule has 2 aromatic rings. The van der Waals surface area contributed by atoms with Crippen LogP contribution in [0.1, 0.15) is 29.8 Å². The summed E-state index contributed by atoms with van der Waals surface area (Å²) in [5, 5.41) is 1.12. The Morgan fingerprint density at radius 3 is 2.73 bits per heavy atom. The van der Waals surface area contributed by atoms with Gasteiger partial charge in [-0.25, -0.2) is 0 Å². The lowest BCUT2D eigenvalue weighted by Gasteiger charge is -2.01. The SMILES string of the molecule is CCc1cn(C)c2cccc(C(C)=O)c12. The van der Waals surface area contributed by atoms with Crippen molar-refractivity contribution in [1.29, 1.82) is 0 Å². The fourth-order valence-corrected chi connectivity index (χ4v) is 2.10. The van der Waals surface area contributed by atoms with Gasteiger partial charge in [-0.2, -0.15) is 0 Å². The topological polar surface area (TPSA) is 22.0 Å². The Morgan fingerprint density at radius 2 is 2.13 bits per heavy atom. The van der Waals surface area contributed by atoms with Crippen molar-refractivity contribution in [1.82, 2.24) is 4.57 Å². The fourth-order valence-electron chi connectivity index (χ4n) is 2.10. The molecule has 0 radical (unpaired) electrons. The molecular weight excluding hydrogens is 186 g/mol. The van der Waals surface area contributed by atoms with E-state index in [1.807, 2.05) is 19.2 Å². The van der Waals surface area contributed by atoms with Crippen LogP contribution >= 0.6 is 0 Å². The highest BCUT2D eigenvalue weighted by molar-refractivity contribution is 6.07. The van der Waals surface area contributed by atoms with Crippen molar-refractivity contribution in [3.8, 4) is 0 Å². The van der Waals surface area contributed by atoms with Crippen LogP contribution in [0.5, 0.6) is 0 Å². The van der Waals surface area contributed by atoms with Crippen LogP contribution < -0.4 is 0 Å². The summed E-state index contributed by atoms with van der Waals surface area (Å²) in [5.41, 5.74) is 3.22. The number of aryl methyl sites for hydroxylation is 2. The minimum Gasteiger partial charge on any atom is -0.350 e. The average molecular weight is 201 g/mol. The Labute approximate surface area is 89.5 Å². The van der Waals surface area contributed by atoms with Crippen LogP contribution in [0.15, 0.2) is 24.4 Å². The summed E-state index contributed by atoms with van der Waals surface area (Å²) in [6, 6.07) is 5.91. The van der Waals surface area contributed by atoms with E-state index in [0.29, 0.717) is 0 Å². The second kappa shape index (κ2) is 3.54. The molecule has 1 aromatic heterocycles. The first-order valence-electron chi connectivity index (χ1n) is 5.23. The molecule has 2 heteroatoms. The van der Waals surface area contributed by atoms with Gasteiger partial charge in [0.1, 0.15) is 0 Å². The van der Waals surface area contributed by atoms with Crippen LogP contribution in [0, 0.1) is 0 Å². The quantitative estimate of drug-likeness (QED) is 0.685. The molecule has 0 fully saturated rings. The Hall–Kier alpha value is -1.57. The van der Waals surface area contributed by atoms with Crippen molar-refractivity contribution >= 4 is 16.7 Å². The maximum atomic E-state index is 11.5. The molecular formula is C13H15NO. The monoisotopic (exact) mass is 201 g/mol. The summed E-state index contributed by atoms with van der Waals surface area (Å²) < 4.78 is 2.08. The number of aromatic nitrogens is 1. The lowest BCUT2D eigenvalue weighted by atomic mass is 10.0. The van der Waals surface area contributed by atoms with E-state index in [4.69, 9.17) is 0 Å². The number of benzene rings is 1. The van der Waals surface area contributed by atoms with Gasteiger partial charge in [0.25, 0.3) is 0 Å². The highest BCUT2D eigenvalue weighted by Crippen LogP contribution is 2.25. The van der Waals surface area contributed by atoms with E-state index in [9.17, 15) is 4.79 Å². The molecule has 0 bridgehead atoms. The summed E-state index contributed by atoms with van der Waals surface area (Å²) in [6.07, 6.45) is 3.07. The molecule has 1 aromatic carbocycles. The molecule has 15 heavy (non-hydrogen) atoms. The number of nitrogens with zero attached hydrogens (tertiary/aromatic N) is 1. The van der Waals surface area contributed by atoms with Crippen molar-refractivity contribution in [2.24, 2.45) is 7.05 Å². The molecule has 0 amide bonds. The summed E-state index contributed by atoms with van der Waals surface area (Å²) in [6.45, 7) is 3.74. The lowest BCUT2D eigenvalue weighted by Crippen LogP contribution is -1.94. The predicted molar refractivity (Wildman–Crippen MR) is 62.3 cm³/mol. The Bertz CT molecular complexity index is 523. The van der Waals surface area contributed by atoms with Gasteiger partial charge in [0.05, 0.1) is 0 Å². The third kappa shape index (κ3) is 1.46. The average Bonchev–Trinajstić information content (AvgIpc) is 2.55. The molecule has 0 N–H and O–H groups in total. The standard InChI is InChI=1S/C13H15NO/c1-4-10-8-14(3)12-7-5-6-11(9(2)15)13(10)12/h5-8H,4H2,1-3H3. The number of ketones is 1. The van der Waals surface area contributed by atoms with E-state index in [-0.39, 0.29) is 5.78 Å². The minimum atomic E-state index is 0.140. The molecule has 0 saturated carbocycles. The molecule has 0 saturated heterocycles. The molecule has 0 aliphatic heterocycles. The van der Waals surface area contributed by atoms with E-state index in [1.54, 1.807) is 6.92 Å². The van der Waals surface area contributed by atoms with Gasteiger partial charge in [-0.05, 0) is 25.0 Å². The lowest BCUT2D eigenvalue weighted by molar-refractivity contribution is 0.101. The minimum absolute atomic E-state index is 0.140. The van der Waals surface area contributed by atoms with Crippen molar-refractivity contribution in [2.45, 2.75) is 20.3 Å². The maximum Gasteiger partial charge on any atom is 0.160 e. The summed E-state index contributed by atoms with van der Waals surface area (Å²) in [4.78, 5) is 11.5. The number of Topliss-reactive ketones (excluding diaryl/α,β-unsaturated/α-hetero) is 1. The smallest absolute Gasteiger partial charge is 0.160 e. The first-order chi connectivity index (χ1) is 7.15. The predicted octanol–water partition coefficient (Wildman–Crippen LogP) is 2.94. The molecule has 0 aliphatic rings. The van der Waals surface area contributed by atoms with E-state index in [0.717, 1.165) is 22.9 Å². The Balaban J connectivity index is 2.88. The second-order valence-corrected chi connectivity index (χ2v) is 3.87. The number of carbonyl (C=O) groups is 1. The zero-order valence-corrected chi connectivity index (χ0v) is 9.37.